The number of aromatic nitrogens is 1. The van der Waals surface area contributed by atoms with Gasteiger partial charge in [-0.25, -0.2) is 4.79 Å². The van der Waals surface area contributed by atoms with Crippen molar-refractivity contribution in [1.29, 1.82) is 0 Å². The highest BCUT2D eigenvalue weighted by Crippen LogP contribution is 2.22. The van der Waals surface area contributed by atoms with E-state index in [1.54, 1.807) is 19.1 Å². The van der Waals surface area contributed by atoms with Crippen molar-refractivity contribution in [2.45, 2.75) is 6.92 Å². The number of carbonyl (C=O) groups is 1. The van der Waals surface area contributed by atoms with Crippen LogP contribution in [0.25, 0.3) is 10.9 Å². The van der Waals surface area contributed by atoms with Gasteiger partial charge in [-0.15, -0.1) is 0 Å². The molecule has 0 fully saturated rings. The number of ether oxygens (including phenoxy) is 1. The van der Waals surface area contributed by atoms with E-state index in [0.717, 1.165) is 3.57 Å². The first-order valence-corrected chi connectivity index (χ1v) is 6.67. The lowest BCUT2D eigenvalue weighted by Crippen LogP contribution is -2.18. The van der Waals surface area contributed by atoms with E-state index >= 15 is 0 Å². The Morgan fingerprint density at radius 3 is 2.89 bits per heavy atom. The molecule has 0 aliphatic carbocycles. The molecule has 6 heteroatoms. The van der Waals surface area contributed by atoms with E-state index in [9.17, 15) is 9.59 Å². The molecule has 2 aromatic rings. The molecule has 0 unspecified atom stereocenters. The van der Waals surface area contributed by atoms with Crippen LogP contribution in [0.15, 0.2) is 23.1 Å². The number of hydrogen-bond donors (Lipinski definition) is 1. The fourth-order valence-corrected chi connectivity index (χ4v) is 2.80. The van der Waals surface area contributed by atoms with Crippen molar-refractivity contribution < 1.29 is 9.53 Å². The lowest BCUT2D eigenvalue weighted by Gasteiger charge is -2.05. The maximum Gasteiger partial charge on any atom is 0.343 e. The minimum absolute atomic E-state index is 0.0117. The minimum atomic E-state index is -0.629. The highest BCUT2D eigenvalue weighted by Gasteiger charge is 2.15. The Morgan fingerprint density at radius 2 is 2.22 bits per heavy atom. The SMILES string of the molecule is CCOC(=O)c1c[nH]c2c(I)cc(Cl)cc2c1=O. The second-order valence-electron chi connectivity index (χ2n) is 3.56. The summed E-state index contributed by atoms with van der Waals surface area (Å²) < 4.78 is 5.65. The standard InChI is InChI=1S/C12H9ClINO3/c1-2-18-12(17)8-5-15-10-7(11(8)16)3-6(13)4-9(10)14/h3-5H,2H2,1H3,(H,15,16). The summed E-state index contributed by atoms with van der Waals surface area (Å²) in [5, 5.41) is 0.843. The third kappa shape index (κ3) is 2.37. The van der Waals surface area contributed by atoms with Gasteiger partial charge in [0.1, 0.15) is 5.56 Å². The quantitative estimate of drug-likeness (QED) is 0.647. The molecule has 1 N–H and O–H groups in total. The third-order valence-electron chi connectivity index (χ3n) is 2.40. The van der Waals surface area contributed by atoms with Gasteiger partial charge in [0, 0.05) is 20.2 Å². The molecule has 0 aliphatic rings. The van der Waals surface area contributed by atoms with E-state index in [0.29, 0.717) is 15.9 Å². The van der Waals surface area contributed by atoms with Crippen molar-refractivity contribution in [3.63, 3.8) is 0 Å². The lowest BCUT2D eigenvalue weighted by molar-refractivity contribution is 0.0524. The van der Waals surface area contributed by atoms with Crippen molar-refractivity contribution in [2.24, 2.45) is 0 Å². The van der Waals surface area contributed by atoms with Gasteiger partial charge in [-0.2, -0.15) is 0 Å². The summed E-state index contributed by atoms with van der Waals surface area (Å²) in [6.45, 7) is 1.91. The first kappa shape index (κ1) is 13.4. The smallest absolute Gasteiger partial charge is 0.343 e. The van der Waals surface area contributed by atoms with Crippen LogP contribution in [0, 0.1) is 3.57 Å². The molecule has 0 aliphatic heterocycles. The Kier molecular flexibility index (Phi) is 3.91. The van der Waals surface area contributed by atoms with Crippen LogP contribution in [0.2, 0.25) is 5.02 Å². The second kappa shape index (κ2) is 5.27. The Hall–Kier alpha value is -1.08. The van der Waals surface area contributed by atoms with E-state index in [1.807, 2.05) is 0 Å². The molecular formula is C12H9ClINO3. The molecule has 0 bridgehead atoms. The van der Waals surface area contributed by atoms with Crippen LogP contribution >= 0.6 is 34.2 Å². The van der Waals surface area contributed by atoms with Gasteiger partial charge < -0.3 is 9.72 Å². The van der Waals surface area contributed by atoms with Crippen LogP contribution in [0.1, 0.15) is 17.3 Å². The van der Waals surface area contributed by atoms with Crippen LogP contribution in [0.3, 0.4) is 0 Å². The monoisotopic (exact) mass is 377 g/mol. The van der Waals surface area contributed by atoms with Gasteiger partial charge in [-0.3, -0.25) is 4.79 Å². The Labute approximate surface area is 121 Å². The number of fused-ring (bicyclic) bond motifs is 1. The van der Waals surface area contributed by atoms with Crippen molar-refractivity contribution in [3.05, 3.63) is 42.7 Å². The van der Waals surface area contributed by atoms with Gasteiger partial charge in [0.05, 0.1) is 12.1 Å². The van der Waals surface area contributed by atoms with Crippen LogP contribution in [-0.4, -0.2) is 17.6 Å². The molecule has 4 nitrogen and oxygen atoms in total. The zero-order valence-corrected chi connectivity index (χ0v) is 12.3. The normalized spacial score (nSPS) is 10.6. The molecule has 0 spiro atoms. The topological polar surface area (TPSA) is 59.2 Å². The summed E-state index contributed by atoms with van der Waals surface area (Å²) in [6, 6.07) is 3.28. The average Bonchev–Trinajstić information content (AvgIpc) is 2.30. The fraction of sp³-hybridized carbons (Fsp3) is 0.167. The number of benzene rings is 1. The molecule has 1 aromatic heterocycles. The second-order valence-corrected chi connectivity index (χ2v) is 5.16. The average molecular weight is 378 g/mol. The maximum atomic E-state index is 12.2. The van der Waals surface area contributed by atoms with E-state index < -0.39 is 5.97 Å². The number of nitrogens with one attached hydrogen (secondary N) is 1. The number of pyridine rings is 1. The van der Waals surface area contributed by atoms with Crippen LogP contribution in [-0.2, 0) is 4.74 Å². The Balaban J connectivity index is 2.71. The first-order chi connectivity index (χ1) is 8.54. The van der Waals surface area contributed by atoms with Gasteiger partial charge in [0.25, 0.3) is 0 Å². The number of aromatic amines is 1. The van der Waals surface area contributed by atoms with Crippen molar-refractivity contribution in [1.82, 2.24) is 4.98 Å². The Morgan fingerprint density at radius 1 is 1.50 bits per heavy atom. The molecule has 94 valence electrons. The van der Waals surface area contributed by atoms with Crippen LogP contribution in [0.4, 0.5) is 0 Å². The predicted molar refractivity (Wildman–Crippen MR) is 78.3 cm³/mol. The predicted octanol–water partition coefficient (Wildman–Crippen LogP) is 2.96. The largest absolute Gasteiger partial charge is 0.462 e. The maximum absolute atomic E-state index is 12.2. The van der Waals surface area contributed by atoms with Crippen LogP contribution < -0.4 is 5.43 Å². The molecule has 1 aromatic carbocycles. The highest BCUT2D eigenvalue weighted by atomic mass is 127. The van der Waals surface area contributed by atoms with Gasteiger partial charge in [0.15, 0.2) is 0 Å². The first-order valence-electron chi connectivity index (χ1n) is 5.22. The van der Waals surface area contributed by atoms with Gasteiger partial charge in [-0.05, 0) is 41.6 Å². The highest BCUT2D eigenvalue weighted by molar-refractivity contribution is 14.1. The number of carbonyl (C=O) groups excluding carboxylic acids is 1. The number of H-pyrrole nitrogens is 1. The minimum Gasteiger partial charge on any atom is -0.462 e. The van der Waals surface area contributed by atoms with Crippen LogP contribution in [0.5, 0.6) is 0 Å². The van der Waals surface area contributed by atoms with Crippen molar-refractivity contribution >= 4 is 51.1 Å². The van der Waals surface area contributed by atoms with Gasteiger partial charge >= 0.3 is 5.97 Å². The van der Waals surface area contributed by atoms with E-state index in [4.69, 9.17) is 16.3 Å². The molecule has 18 heavy (non-hydrogen) atoms. The fourth-order valence-electron chi connectivity index (χ4n) is 1.61. The number of hydrogen-bond acceptors (Lipinski definition) is 3. The summed E-state index contributed by atoms with van der Waals surface area (Å²) >= 11 is 7.99. The Bertz CT molecular complexity index is 681. The van der Waals surface area contributed by atoms with Gasteiger partial charge in [-0.1, -0.05) is 11.6 Å². The molecule has 0 saturated carbocycles. The van der Waals surface area contributed by atoms with Gasteiger partial charge in [0.2, 0.25) is 5.43 Å². The van der Waals surface area contributed by atoms with E-state index in [-0.39, 0.29) is 17.6 Å². The van der Waals surface area contributed by atoms with E-state index in [1.165, 1.54) is 6.20 Å². The number of esters is 1. The summed E-state index contributed by atoms with van der Waals surface area (Å²) in [5.74, 6) is -0.629. The zero-order valence-electron chi connectivity index (χ0n) is 9.42. The molecule has 2 rings (SSSR count). The lowest BCUT2D eigenvalue weighted by atomic mass is 10.1. The van der Waals surface area contributed by atoms with Crippen molar-refractivity contribution in [2.75, 3.05) is 6.61 Å². The molecule has 0 amide bonds. The zero-order chi connectivity index (χ0) is 13.3. The molecule has 0 saturated heterocycles. The number of rotatable bonds is 2. The molecule has 1 heterocycles. The number of halogens is 2. The van der Waals surface area contributed by atoms with E-state index in [2.05, 4.69) is 27.6 Å². The summed E-state index contributed by atoms with van der Waals surface area (Å²) in [6.07, 6.45) is 1.37. The summed E-state index contributed by atoms with van der Waals surface area (Å²) in [4.78, 5) is 26.7. The molecule has 0 radical (unpaired) electrons. The van der Waals surface area contributed by atoms with Crippen molar-refractivity contribution in [3.8, 4) is 0 Å². The molecular weight excluding hydrogens is 368 g/mol. The summed E-state index contributed by atoms with van der Waals surface area (Å²) in [7, 11) is 0. The molecule has 0 atom stereocenters. The summed E-state index contributed by atoms with van der Waals surface area (Å²) in [5.41, 5.74) is 0.281. The third-order valence-corrected chi connectivity index (χ3v) is 3.47.